The normalized spacial score (nSPS) is 12.5. The Morgan fingerprint density at radius 3 is 2.36 bits per heavy atom. The average Bonchev–Trinajstić information content (AvgIpc) is 3.34. The Morgan fingerprint density at radius 2 is 1.72 bits per heavy atom. The molecule has 4 aromatic rings. The summed E-state index contributed by atoms with van der Waals surface area (Å²) in [5.74, 6) is -0.940. The van der Waals surface area contributed by atoms with Gasteiger partial charge in [0.05, 0.1) is 24.8 Å². The fourth-order valence-electron chi connectivity index (χ4n) is 3.84. The maximum atomic E-state index is 13.9. The van der Waals surface area contributed by atoms with Crippen LogP contribution >= 0.6 is 0 Å². The zero-order chi connectivity index (χ0) is 25.9. The van der Waals surface area contributed by atoms with E-state index in [4.69, 9.17) is 9.63 Å². The Labute approximate surface area is 204 Å². The molecule has 3 aromatic carbocycles. The van der Waals surface area contributed by atoms with Gasteiger partial charge in [-0.3, -0.25) is 10.1 Å². The van der Waals surface area contributed by atoms with Crippen LogP contribution in [0.25, 0.3) is 34.0 Å². The second kappa shape index (κ2) is 10.3. The SMILES string of the molecule is Cc1ccccc1-c1ccc(-c2nc(-c3ccc(C(CO)NCC(=O)O)cc3)no2)cc1C(F)(F)F. The molecule has 0 amide bonds. The zero-order valence-electron chi connectivity index (χ0n) is 19.1. The third kappa shape index (κ3) is 5.45. The van der Waals surface area contributed by atoms with Crippen LogP contribution in [0.15, 0.2) is 71.3 Å². The third-order valence-corrected chi connectivity index (χ3v) is 5.69. The van der Waals surface area contributed by atoms with Crippen LogP contribution < -0.4 is 5.32 Å². The van der Waals surface area contributed by atoms with Crippen LogP contribution in [0.5, 0.6) is 0 Å². The van der Waals surface area contributed by atoms with Gasteiger partial charge >= 0.3 is 12.1 Å². The predicted octanol–water partition coefficient (Wildman–Crippen LogP) is 5.11. The van der Waals surface area contributed by atoms with E-state index in [1.165, 1.54) is 12.1 Å². The lowest BCUT2D eigenvalue weighted by molar-refractivity contribution is -0.137. The molecule has 0 aliphatic heterocycles. The first kappa shape index (κ1) is 25.1. The van der Waals surface area contributed by atoms with Gasteiger partial charge in [0.15, 0.2) is 0 Å². The minimum Gasteiger partial charge on any atom is -0.480 e. The number of hydrogen-bond donors (Lipinski definition) is 3. The van der Waals surface area contributed by atoms with E-state index in [1.54, 1.807) is 55.5 Å². The second-order valence-corrected chi connectivity index (χ2v) is 8.13. The van der Waals surface area contributed by atoms with E-state index in [-0.39, 0.29) is 36.0 Å². The first-order chi connectivity index (χ1) is 17.2. The van der Waals surface area contributed by atoms with Crippen LogP contribution in [0.2, 0.25) is 0 Å². The fraction of sp³-hybridized carbons (Fsp3) is 0.192. The number of carboxylic acid groups (broad SMARTS) is 1. The minimum absolute atomic E-state index is 0.0627. The molecule has 1 aromatic heterocycles. The van der Waals surface area contributed by atoms with Gasteiger partial charge in [0, 0.05) is 11.1 Å². The van der Waals surface area contributed by atoms with E-state index in [9.17, 15) is 23.1 Å². The van der Waals surface area contributed by atoms with Crippen molar-refractivity contribution in [3.63, 3.8) is 0 Å². The summed E-state index contributed by atoms with van der Waals surface area (Å²) in [5.41, 5.74) is 1.79. The van der Waals surface area contributed by atoms with Crippen LogP contribution in [-0.2, 0) is 11.0 Å². The minimum atomic E-state index is -4.59. The van der Waals surface area contributed by atoms with Gasteiger partial charge in [-0.25, -0.2) is 0 Å². The summed E-state index contributed by atoms with van der Waals surface area (Å²) in [5, 5.41) is 24.9. The quantitative estimate of drug-likeness (QED) is 0.311. The predicted molar refractivity (Wildman–Crippen MR) is 126 cm³/mol. The molecule has 0 saturated carbocycles. The number of carboxylic acids is 1. The molecule has 0 aliphatic rings. The molecule has 1 heterocycles. The van der Waals surface area contributed by atoms with Crippen molar-refractivity contribution in [2.24, 2.45) is 0 Å². The summed E-state index contributed by atoms with van der Waals surface area (Å²) in [6, 6.07) is 16.8. The van der Waals surface area contributed by atoms with Crippen LogP contribution in [0.1, 0.15) is 22.7 Å². The van der Waals surface area contributed by atoms with Crippen LogP contribution in [0.3, 0.4) is 0 Å². The van der Waals surface area contributed by atoms with E-state index < -0.39 is 23.8 Å². The first-order valence-electron chi connectivity index (χ1n) is 10.9. The molecule has 186 valence electrons. The highest BCUT2D eigenvalue weighted by Crippen LogP contribution is 2.40. The van der Waals surface area contributed by atoms with E-state index in [1.807, 2.05) is 0 Å². The van der Waals surface area contributed by atoms with E-state index in [2.05, 4.69) is 15.5 Å². The van der Waals surface area contributed by atoms with Gasteiger partial charge in [-0.2, -0.15) is 18.2 Å². The molecular formula is C26H22F3N3O4. The molecule has 0 fully saturated rings. The molecule has 10 heteroatoms. The summed E-state index contributed by atoms with van der Waals surface area (Å²) in [6.45, 7) is 1.13. The lowest BCUT2D eigenvalue weighted by Crippen LogP contribution is -2.29. The number of halogens is 3. The lowest BCUT2D eigenvalue weighted by atomic mass is 9.94. The molecule has 1 unspecified atom stereocenters. The number of aliphatic hydroxyl groups is 1. The van der Waals surface area contributed by atoms with E-state index in [0.717, 1.165) is 11.6 Å². The molecule has 0 spiro atoms. The maximum Gasteiger partial charge on any atom is 0.417 e. The number of nitrogens with one attached hydrogen (secondary N) is 1. The van der Waals surface area contributed by atoms with Crippen molar-refractivity contribution in [1.29, 1.82) is 0 Å². The Kier molecular flexibility index (Phi) is 7.18. The van der Waals surface area contributed by atoms with Crippen molar-refractivity contribution in [2.75, 3.05) is 13.2 Å². The van der Waals surface area contributed by atoms with Gasteiger partial charge < -0.3 is 14.7 Å². The number of nitrogens with zero attached hydrogens (tertiary/aromatic N) is 2. The monoisotopic (exact) mass is 497 g/mol. The third-order valence-electron chi connectivity index (χ3n) is 5.69. The van der Waals surface area contributed by atoms with Gasteiger partial charge in [0.1, 0.15) is 0 Å². The first-order valence-corrected chi connectivity index (χ1v) is 10.9. The Balaban J connectivity index is 1.62. The molecular weight excluding hydrogens is 475 g/mol. The number of alkyl halides is 3. The van der Waals surface area contributed by atoms with Crippen molar-refractivity contribution in [1.82, 2.24) is 15.5 Å². The number of carbonyl (C=O) groups is 1. The maximum absolute atomic E-state index is 13.9. The molecule has 36 heavy (non-hydrogen) atoms. The Hall–Kier alpha value is -4.02. The van der Waals surface area contributed by atoms with Gasteiger partial charge in [0.2, 0.25) is 5.82 Å². The summed E-state index contributed by atoms with van der Waals surface area (Å²) in [6.07, 6.45) is -4.59. The molecule has 3 N–H and O–H groups in total. The lowest BCUT2D eigenvalue weighted by Gasteiger charge is -2.15. The molecule has 1 atom stereocenters. The van der Waals surface area contributed by atoms with Crippen molar-refractivity contribution in [3.05, 3.63) is 83.4 Å². The number of rotatable bonds is 8. The van der Waals surface area contributed by atoms with Crippen molar-refractivity contribution >= 4 is 5.97 Å². The number of hydrogen-bond acceptors (Lipinski definition) is 6. The summed E-state index contributed by atoms with van der Waals surface area (Å²) in [4.78, 5) is 15.0. The number of aliphatic hydroxyl groups excluding tert-OH is 1. The molecule has 0 aliphatic carbocycles. The highest BCUT2D eigenvalue weighted by atomic mass is 19.4. The highest BCUT2D eigenvalue weighted by molar-refractivity contribution is 5.74. The van der Waals surface area contributed by atoms with Gasteiger partial charge in [-0.05, 0) is 41.3 Å². The molecule has 0 saturated heterocycles. The Morgan fingerprint density at radius 1 is 1.03 bits per heavy atom. The summed E-state index contributed by atoms with van der Waals surface area (Å²) < 4.78 is 47.1. The second-order valence-electron chi connectivity index (χ2n) is 8.13. The van der Waals surface area contributed by atoms with Gasteiger partial charge in [-0.15, -0.1) is 0 Å². The summed E-state index contributed by atoms with van der Waals surface area (Å²) >= 11 is 0. The summed E-state index contributed by atoms with van der Waals surface area (Å²) in [7, 11) is 0. The Bertz CT molecular complexity index is 1370. The van der Waals surface area contributed by atoms with Gasteiger partial charge in [0.25, 0.3) is 5.89 Å². The molecule has 0 bridgehead atoms. The smallest absolute Gasteiger partial charge is 0.417 e. The zero-order valence-corrected chi connectivity index (χ0v) is 19.1. The van der Waals surface area contributed by atoms with Crippen molar-refractivity contribution < 1.29 is 32.7 Å². The standard InChI is InChI=1S/C26H22F3N3O4/c1-15-4-2-3-5-19(15)20-11-10-18(12-21(20)26(27,28)29)25-31-24(32-36-25)17-8-6-16(7-9-17)22(14-33)30-13-23(34)35/h2-12,22,30,33H,13-14H2,1H3,(H,34,35). The van der Waals surface area contributed by atoms with Gasteiger partial charge in [-0.1, -0.05) is 59.8 Å². The number of benzene rings is 3. The number of aryl methyl sites for hydroxylation is 1. The largest absolute Gasteiger partial charge is 0.480 e. The molecule has 7 nitrogen and oxygen atoms in total. The molecule has 0 radical (unpaired) electrons. The van der Waals surface area contributed by atoms with E-state index >= 15 is 0 Å². The van der Waals surface area contributed by atoms with Crippen LogP contribution in [0.4, 0.5) is 13.2 Å². The van der Waals surface area contributed by atoms with Crippen molar-refractivity contribution in [2.45, 2.75) is 19.1 Å². The fourth-order valence-corrected chi connectivity index (χ4v) is 3.84. The number of aliphatic carboxylic acids is 1. The topological polar surface area (TPSA) is 108 Å². The average molecular weight is 497 g/mol. The van der Waals surface area contributed by atoms with Crippen LogP contribution in [0, 0.1) is 6.92 Å². The van der Waals surface area contributed by atoms with Crippen molar-refractivity contribution in [3.8, 4) is 34.0 Å². The van der Waals surface area contributed by atoms with Crippen LogP contribution in [-0.4, -0.2) is 39.5 Å². The number of aromatic nitrogens is 2. The molecule has 4 rings (SSSR count). The van der Waals surface area contributed by atoms with E-state index in [0.29, 0.717) is 16.7 Å². The highest BCUT2D eigenvalue weighted by Gasteiger charge is 2.34.